The van der Waals surface area contributed by atoms with Gasteiger partial charge in [-0.15, -0.1) is 0 Å². The standard InChI is InChI=1S/C28H29ClN8O3S/c29-19-3-4-30-23(10-19)21-11-22(21)28(38)35-26-12-25(32-16-33-26)31-13-20-15-37-14-18(17-1-2-17)9-24(27(37)34-20)36-5-7-41(39,40)8-6-36/h3-4,9-10,12,14-17,21-22H,1-2,5-8,11,13H2,(H2,31,32,33,35,38)/t21-,22-/m0/s1. The van der Waals surface area contributed by atoms with Crippen molar-refractivity contribution in [3.63, 3.8) is 0 Å². The lowest BCUT2D eigenvalue weighted by Gasteiger charge is -2.29. The zero-order valence-electron chi connectivity index (χ0n) is 22.2. The van der Waals surface area contributed by atoms with Gasteiger partial charge < -0.3 is 19.9 Å². The summed E-state index contributed by atoms with van der Waals surface area (Å²) in [5.41, 5.74) is 4.71. The lowest BCUT2D eigenvalue weighted by molar-refractivity contribution is -0.117. The monoisotopic (exact) mass is 592 g/mol. The van der Waals surface area contributed by atoms with Crippen molar-refractivity contribution in [2.75, 3.05) is 40.1 Å². The molecule has 4 aromatic rings. The molecule has 3 aliphatic rings. The first-order valence-corrected chi connectivity index (χ1v) is 16.0. The molecule has 0 unspecified atom stereocenters. The molecule has 41 heavy (non-hydrogen) atoms. The molecule has 5 heterocycles. The van der Waals surface area contributed by atoms with Crippen LogP contribution in [0.5, 0.6) is 0 Å². The van der Waals surface area contributed by atoms with Crippen LogP contribution in [0.3, 0.4) is 0 Å². The Kier molecular flexibility index (Phi) is 6.54. The van der Waals surface area contributed by atoms with Crippen molar-refractivity contribution in [2.45, 2.75) is 37.6 Å². The number of carbonyl (C=O) groups excluding carboxylic acids is 1. The fraction of sp³-hybridized carbons (Fsp3) is 0.393. The number of pyridine rings is 2. The number of hydrogen-bond acceptors (Lipinski definition) is 9. The highest BCUT2D eigenvalue weighted by Gasteiger charge is 2.45. The van der Waals surface area contributed by atoms with Crippen molar-refractivity contribution >= 4 is 50.3 Å². The second kappa shape index (κ2) is 10.3. The molecule has 3 fully saturated rings. The van der Waals surface area contributed by atoms with E-state index in [0.29, 0.717) is 42.2 Å². The molecule has 1 amide bonds. The highest BCUT2D eigenvalue weighted by Crippen LogP contribution is 2.47. The normalized spacial score (nSPS) is 21.5. The summed E-state index contributed by atoms with van der Waals surface area (Å²) in [6.07, 6.45) is 10.3. The van der Waals surface area contributed by atoms with Crippen LogP contribution < -0.4 is 15.5 Å². The summed E-state index contributed by atoms with van der Waals surface area (Å²) < 4.78 is 26.1. The molecule has 0 bridgehead atoms. The molecule has 0 spiro atoms. The Hall–Kier alpha value is -3.77. The van der Waals surface area contributed by atoms with E-state index in [4.69, 9.17) is 16.6 Å². The number of sulfone groups is 1. The molecule has 0 aromatic carbocycles. The number of fused-ring (bicyclic) bond motifs is 1. The minimum atomic E-state index is -2.98. The lowest BCUT2D eigenvalue weighted by Crippen LogP contribution is -2.40. The molecular formula is C28H29ClN8O3S. The molecule has 1 aliphatic heterocycles. The smallest absolute Gasteiger partial charge is 0.229 e. The third-order valence-electron chi connectivity index (χ3n) is 7.96. The SMILES string of the molecule is O=C(Nc1cc(NCc2cn3cc(C4CC4)cc(N4CCS(=O)(=O)CC4)c3n2)ncn1)[C@H]1C[C@@H]1c1cc(Cl)ccn1. The van der Waals surface area contributed by atoms with Crippen LogP contribution in [-0.4, -0.2) is 63.3 Å². The van der Waals surface area contributed by atoms with Crippen LogP contribution in [0.2, 0.25) is 5.02 Å². The van der Waals surface area contributed by atoms with Gasteiger partial charge in [0.1, 0.15) is 18.0 Å². The highest BCUT2D eigenvalue weighted by atomic mass is 35.5. The Morgan fingerprint density at radius 2 is 1.85 bits per heavy atom. The number of amides is 1. The molecule has 11 nitrogen and oxygen atoms in total. The summed E-state index contributed by atoms with van der Waals surface area (Å²) in [5, 5.41) is 6.79. The number of nitrogens with one attached hydrogen (secondary N) is 2. The maximum atomic E-state index is 12.8. The third kappa shape index (κ3) is 5.71. The molecule has 0 radical (unpaired) electrons. The highest BCUT2D eigenvalue weighted by molar-refractivity contribution is 7.91. The Balaban J connectivity index is 1.03. The van der Waals surface area contributed by atoms with Gasteiger partial charge in [0, 0.05) is 60.3 Å². The Morgan fingerprint density at radius 1 is 1.05 bits per heavy atom. The zero-order valence-corrected chi connectivity index (χ0v) is 23.8. The number of rotatable bonds is 8. The van der Waals surface area contributed by atoms with Crippen LogP contribution in [0, 0.1) is 5.92 Å². The number of halogens is 1. The van der Waals surface area contributed by atoms with Crippen molar-refractivity contribution < 1.29 is 13.2 Å². The number of nitrogens with zero attached hydrogens (tertiary/aromatic N) is 6. The zero-order chi connectivity index (χ0) is 28.1. The molecule has 2 saturated carbocycles. The molecule has 1 saturated heterocycles. The largest absolute Gasteiger partial charge is 0.366 e. The van der Waals surface area contributed by atoms with Crippen molar-refractivity contribution in [3.05, 3.63) is 71.2 Å². The van der Waals surface area contributed by atoms with Crippen molar-refractivity contribution in [1.82, 2.24) is 24.3 Å². The van der Waals surface area contributed by atoms with Crippen LogP contribution in [0.15, 0.2) is 49.2 Å². The Bertz CT molecular complexity index is 1740. The van der Waals surface area contributed by atoms with Crippen molar-refractivity contribution in [3.8, 4) is 0 Å². The first kappa shape index (κ1) is 26.1. The van der Waals surface area contributed by atoms with E-state index in [1.54, 1.807) is 24.4 Å². The molecule has 7 rings (SSSR count). The summed E-state index contributed by atoms with van der Waals surface area (Å²) in [4.78, 5) is 32.7. The summed E-state index contributed by atoms with van der Waals surface area (Å²) in [7, 11) is -2.98. The van der Waals surface area contributed by atoms with E-state index >= 15 is 0 Å². The second-order valence-electron chi connectivity index (χ2n) is 11.0. The van der Waals surface area contributed by atoms with Crippen molar-refractivity contribution in [2.24, 2.45) is 5.92 Å². The number of aromatic nitrogens is 5. The predicted octanol–water partition coefficient (Wildman–Crippen LogP) is 3.64. The van der Waals surface area contributed by atoms with Gasteiger partial charge in [0.2, 0.25) is 5.91 Å². The number of imidazole rings is 1. The van der Waals surface area contributed by atoms with Gasteiger partial charge >= 0.3 is 0 Å². The fourth-order valence-corrected chi connectivity index (χ4v) is 6.79. The van der Waals surface area contributed by atoms with E-state index in [0.717, 1.165) is 29.1 Å². The molecule has 4 aromatic heterocycles. The first-order chi connectivity index (χ1) is 19.8. The minimum absolute atomic E-state index is 0.0582. The molecule has 212 valence electrons. The van der Waals surface area contributed by atoms with Gasteiger partial charge in [0.25, 0.3) is 0 Å². The topological polar surface area (TPSA) is 134 Å². The van der Waals surface area contributed by atoms with E-state index in [9.17, 15) is 13.2 Å². The average Bonchev–Trinajstić information content (AvgIpc) is 3.88. The molecule has 2 N–H and O–H groups in total. The summed E-state index contributed by atoms with van der Waals surface area (Å²) in [6, 6.07) is 7.41. The Morgan fingerprint density at radius 3 is 2.63 bits per heavy atom. The number of hydrogen-bond donors (Lipinski definition) is 2. The van der Waals surface area contributed by atoms with Crippen LogP contribution in [0.1, 0.15) is 48.0 Å². The second-order valence-corrected chi connectivity index (χ2v) is 13.8. The Labute approximate surface area is 242 Å². The van der Waals surface area contributed by atoms with Gasteiger partial charge in [0.05, 0.1) is 29.4 Å². The summed E-state index contributed by atoms with van der Waals surface area (Å²) in [5.74, 6) is 1.65. The number of anilines is 3. The molecule has 2 atom stereocenters. The van der Waals surface area contributed by atoms with Crippen LogP contribution in [-0.2, 0) is 21.2 Å². The number of carbonyl (C=O) groups is 1. The van der Waals surface area contributed by atoms with E-state index in [1.165, 1.54) is 24.7 Å². The maximum Gasteiger partial charge on any atom is 0.229 e. The predicted molar refractivity (Wildman–Crippen MR) is 156 cm³/mol. The van der Waals surface area contributed by atoms with E-state index in [1.807, 2.05) is 6.20 Å². The van der Waals surface area contributed by atoms with Crippen LogP contribution in [0.25, 0.3) is 5.65 Å². The summed E-state index contributed by atoms with van der Waals surface area (Å²) in [6.45, 7) is 1.36. The van der Waals surface area contributed by atoms with Crippen molar-refractivity contribution in [1.29, 1.82) is 0 Å². The first-order valence-electron chi connectivity index (χ1n) is 13.8. The molecule has 2 aliphatic carbocycles. The van der Waals surface area contributed by atoms with E-state index in [-0.39, 0.29) is 29.2 Å². The molecular weight excluding hydrogens is 564 g/mol. The van der Waals surface area contributed by atoms with Crippen LogP contribution in [0.4, 0.5) is 17.3 Å². The molecule has 13 heteroatoms. The van der Waals surface area contributed by atoms with Gasteiger partial charge in [-0.25, -0.2) is 23.4 Å². The minimum Gasteiger partial charge on any atom is -0.366 e. The average molecular weight is 593 g/mol. The maximum absolute atomic E-state index is 12.8. The van der Waals surface area contributed by atoms with Gasteiger partial charge in [-0.1, -0.05) is 11.6 Å². The van der Waals surface area contributed by atoms with Gasteiger partial charge in [-0.3, -0.25) is 9.78 Å². The van der Waals surface area contributed by atoms with Gasteiger partial charge in [-0.05, 0) is 48.9 Å². The summed E-state index contributed by atoms with van der Waals surface area (Å²) >= 11 is 6.07. The van der Waals surface area contributed by atoms with Gasteiger partial charge in [-0.2, -0.15) is 0 Å². The van der Waals surface area contributed by atoms with Gasteiger partial charge in [0.15, 0.2) is 15.5 Å². The quantitative estimate of drug-likeness (QED) is 0.314. The van der Waals surface area contributed by atoms with Crippen LogP contribution >= 0.6 is 11.6 Å². The van der Waals surface area contributed by atoms with E-state index < -0.39 is 9.84 Å². The fourth-order valence-electron chi connectivity index (χ4n) is 5.42. The van der Waals surface area contributed by atoms with E-state index in [2.05, 4.69) is 47.1 Å². The third-order valence-corrected chi connectivity index (χ3v) is 9.80. The lowest BCUT2D eigenvalue weighted by atomic mass is 10.1.